The zero-order valence-corrected chi connectivity index (χ0v) is 13.0. The van der Waals surface area contributed by atoms with Gasteiger partial charge >= 0.3 is 0 Å². The molecule has 0 saturated carbocycles. The van der Waals surface area contributed by atoms with Crippen LogP contribution >= 0.6 is 11.3 Å². The Morgan fingerprint density at radius 2 is 2.39 bits per heavy atom. The number of thiophene rings is 1. The first kappa shape index (κ1) is 15.2. The van der Waals surface area contributed by atoms with E-state index in [-0.39, 0.29) is 11.8 Å². The van der Waals surface area contributed by atoms with Crippen LogP contribution in [0.1, 0.15) is 28.0 Å². The number of nitrogens with one attached hydrogen (secondary N) is 1. The Kier molecular flexibility index (Phi) is 4.35. The lowest BCUT2D eigenvalue weighted by molar-refractivity contribution is -0.129. The van der Waals surface area contributed by atoms with Gasteiger partial charge in [-0.3, -0.25) is 9.59 Å². The minimum Gasteiger partial charge on any atom is -0.340 e. The SMILES string of the molecule is N#Cc1cc(CN2CC[C@H](NC(=O)c3ccsc3)C2=O)ccn1. The molecular weight excluding hydrogens is 312 g/mol. The van der Waals surface area contributed by atoms with Crippen molar-refractivity contribution < 1.29 is 9.59 Å². The van der Waals surface area contributed by atoms with E-state index in [2.05, 4.69) is 10.3 Å². The zero-order valence-electron chi connectivity index (χ0n) is 12.2. The minimum absolute atomic E-state index is 0.0936. The molecule has 0 aliphatic carbocycles. The normalized spacial score (nSPS) is 17.1. The topological polar surface area (TPSA) is 86.1 Å². The van der Waals surface area contributed by atoms with Crippen molar-refractivity contribution >= 4 is 23.2 Å². The number of rotatable bonds is 4. The molecule has 2 aromatic rings. The fraction of sp³-hybridized carbons (Fsp3) is 0.250. The van der Waals surface area contributed by atoms with Crippen molar-refractivity contribution in [3.8, 4) is 6.07 Å². The van der Waals surface area contributed by atoms with Gasteiger partial charge in [0.2, 0.25) is 5.91 Å². The van der Waals surface area contributed by atoms with Crippen LogP contribution in [0.4, 0.5) is 0 Å². The number of carbonyl (C=O) groups excluding carboxylic acids is 2. The number of hydrogen-bond acceptors (Lipinski definition) is 5. The molecule has 6 nitrogen and oxygen atoms in total. The second kappa shape index (κ2) is 6.58. The van der Waals surface area contributed by atoms with Crippen LogP contribution < -0.4 is 5.32 Å². The third-order valence-corrected chi connectivity index (χ3v) is 4.38. The van der Waals surface area contributed by atoms with Gasteiger partial charge in [-0.15, -0.1) is 0 Å². The highest BCUT2D eigenvalue weighted by Crippen LogP contribution is 2.16. The summed E-state index contributed by atoms with van der Waals surface area (Å²) in [6, 6.07) is 6.68. The third-order valence-electron chi connectivity index (χ3n) is 3.70. The van der Waals surface area contributed by atoms with Crippen molar-refractivity contribution in [1.29, 1.82) is 5.26 Å². The standard InChI is InChI=1S/C16H14N4O2S/c17-8-13-7-11(1-4-18-13)9-20-5-2-14(16(20)22)19-15(21)12-3-6-23-10-12/h1,3-4,6-7,10,14H,2,5,9H2,(H,19,21)/t14-/m0/s1. The Bertz CT molecular complexity index is 767. The molecule has 1 aliphatic heterocycles. The molecule has 1 aliphatic rings. The second-order valence-corrected chi connectivity index (χ2v) is 6.03. The van der Waals surface area contributed by atoms with Crippen LogP contribution in [0.3, 0.4) is 0 Å². The van der Waals surface area contributed by atoms with E-state index in [0.717, 1.165) is 5.56 Å². The van der Waals surface area contributed by atoms with E-state index in [1.54, 1.807) is 34.7 Å². The molecule has 2 amide bonds. The first-order valence-electron chi connectivity index (χ1n) is 7.14. The Hall–Kier alpha value is -2.72. The number of likely N-dealkylation sites (tertiary alicyclic amines) is 1. The Balaban J connectivity index is 1.62. The maximum Gasteiger partial charge on any atom is 0.252 e. The first-order valence-corrected chi connectivity index (χ1v) is 8.08. The van der Waals surface area contributed by atoms with Crippen LogP contribution in [-0.4, -0.2) is 34.3 Å². The zero-order chi connectivity index (χ0) is 16.2. The summed E-state index contributed by atoms with van der Waals surface area (Å²) in [6.07, 6.45) is 2.15. The van der Waals surface area contributed by atoms with Crippen LogP contribution in [0.25, 0.3) is 0 Å². The molecule has 0 bridgehead atoms. The fourth-order valence-electron chi connectivity index (χ4n) is 2.52. The average Bonchev–Trinajstić information content (AvgIpc) is 3.21. The first-order chi connectivity index (χ1) is 11.2. The van der Waals surface area contributed by atoms with Crippen molar-refractivity contribution in [3.05, 3.63) is 52.0 Å². The molecule has 0 spiro atoms. The quantitative estimate of drug-likeness (QED) is 0.923. The molecule has 1 N–H and O–H groups in total. The minimum atomic E-state index is -0.486. The predicted molar refractivity (Wildman–Crippen MR) is 84.6 cm³/mol. The molecule has 1 fully saturated rings. The van der Waals surface area contributed by atoms with Gasteiger partial charge in [0.25, 0.3) is 5.91 Å². The van der Waals surface area contributed by atoms with E-state index in [0.29, 0.717) is 30.8 Å². The van der Waals surface area contributed by atoms with E-state index >= 15 is 0 Å². The van der Waals surface area contributed by atoms with Crippen molar-refractivity contribution in [1.82, 2.24) is 15.2 Å². The molecule has 0 radical (unpaired) electrons. The highest BCUT2D eigenvalue weighted by atomic mass is 32.1. The lowest BCUT2D eigenvalue weighted by Gasteiger charge is -2.17. The van der Waals surface area contributed by atoms with Gasteiger partial charge < -0.3 is 10.2 Å². The molecule has 0 aromatic carbocycles. The lowest BCUT2D eigenvalue weighted by Crippen LogP contribution is -2.41. The second-order valence-electron chi connectivity index (χ2n) is 5.25. The molecule has 3 rings (SSSR count). The van der Waals surface area contributed by atoms with Gasteiger partial charge in [0.15, 0.2) is 0 Å². The summed E-state index contributed by atoms with van der Waals surface area (Å²) in [5.41, 5.74) is 1.76. The van der Waals surface area contributed by atoms with E-state index in [9.17, 15) is 9.59 Å². The van der Waals surface area contributed by atoms with E-state index in [1.807, 2.05) is 11.4 Å². The van der Waals surface area contributed by atoms with Crippen LogP contribution in [0.2, 0.25) is 0 Å². The summed E-state index contributed by atoms with van der Waals surface area (Å²) in [4.78, 5) is 30.0. The van der Waals surface area contributed by atoms with Crippen LogP contribution in [0.5, 0.6) is 0 Å². The van der Waals surface area contributed by atoms with Gasteiger partial charge in [0.05, 0.1) is 5.56 Å². The number of carbonyl (C=O) groups is 2. The Labute approximate surface area is 137 Å². The molecule has 23 heavy (non-hydrogen) atoms. The summed E-state index contributed by atoms with van der Waals surface area (Å²) in [5, 5.41) is 15.2. The van der Waals surface area contributed by atoms with Gasteiger partial charge in [-0.1, -0.05) is 0 Å². The van der Waals surface area contributed by atoms with Gasteiger partial charge in [-0.25, -0.2) is 4.98 Å². The molecule has 1 atom stereocenters. The van der Waals surface area contributed by atoms with Crippen molar-refractivity contribution in [2.24, 2.45) is 0 Å². The fourth-order valence-corrected chi connectivity index (χ4v) is 3.16. The van der Waals surface area contributed by atoms with Crippen molar-refractivity contribution in [2.75, 3.05) is 6.54 Å². The smallest absolute Gasteiger partial charge is 0.252 e. The molecule has 116 valence electrons. The molecule has 1 saturated heterocycles. The summed E-state index contributed by atoms with van der Waals surface area (Å²) in [7, 11) is 0. The van der Waals surface area contributed by atoms with Gasteiger partial charge in [0.1, 0.15) is 17.8 Å². The third kappa shape index (κ3) is 3.38. The molecule has 7 heteroatoms. The van der Waals surface area contributed by atoms with Crippen LogP contribution in [-0.2, 0) is 11.3 Å². The summed E-state index contributed by atoms with van der Waals surface area (Å²) in [5.74, 6) is -0.314. The molecule has 2 aromatic heterocycles. The van der Waals surface area contributed by atoms with Crippen LogP contribution in [0, 0.1) is 11.3 Å². The van der Waals surface area contributed by atoms with E-state index in [1.165, 1.54) is 11.3 Å². The van der Waals surface area contributed by atoms with Crippen molar-refractivity contribution in [2.45, 2.75) is 19.0 Å². The maximum atomic E-state index is 12.4. The predicted octanol–water partition coefficient (Wildman–Crippen LogP) is 1.55. The Morgan fingerprint density at radius 3 is 3.13 bits per heavy atom. The number of amides is 2. The number of aromatic nitrogens is 1. The monoisotopic (exact) mass is 326 g/mol. The lowest BCUT2D eigenvalue weighted by atomic mass is 10.2. The molecule has 3 heterocycles. The average molecular weight is 326 g/mol. The van der Waals surface area contributed by atoms with Crippen LogP contribution in [0.15, 0.2) is 35.2 Å². The van der Waals surface area contributed by atoms with E-state index in [4.69, 9.17) is 5.26 Å². The van der Waals surface area contributed by atoms with Gasteiger partial charge in [0, 0.05) is 24.7 Å². The summed E-state index contributed by atoms with van der Waals surface area (Å²) >= 11 is 1.44. The largest absolute Gasteiger partial charge is 0.340 e. The summed E-state index contributed by atoms with van der Waals surface area (Å²) in [6.45, 7) is 0.998. The number of hydrogen-bond donors (Lipinski definition) is 1. The number of pyridine rings is 1. The Morgan fingerprint density at radius 1 is 1.52 bits per heavy atom. The van der Waals surface area contributed by atoms with E-state index < -0.39 is 6.04 Å². The van der Waals surface area contributed by atoms with Crippen molar-refractivity contribution in [3.63, 3.8) is 0 Å². The highest BCUT2D eigenvalue weighted by Gasteiger charge is 2.32. The number of nitrogens with zero attached hydrogens (tertiary/aromatic N) is 3. The maximum absolute atomic E-state index is 12.4. The van der Waals surface area contributed by atoms with Gasteiger partial charge in [-0.05, 0) is 35.6 Å². The molecule has 0 unspecified atom stereocenters. The summed E-state index contributed by atoms with van der Waals surface area (Å²) < 4.78 is 0. The number of nitriles is 1. The van der Waals surface area contributed by atoms with Gasteiger partial charge in [-0.2, -0.15) is 16.6 Å². The highest BCUT2D eigenvalue weighted by molar-refractivity contribution is 7.08. The molecular formula is C16H14N4O2S.